The predicted molar refractivity (Wildman–Crippen MR) is 81.5 cm³/mol. The normalized spacial score (nSPS) is 13.2. The Labute approximate surface area is 128 Å². The zero-order valence-electron chi connectivity index (χ0n) is 11.5. The number of esters is 1. The largest absolute Gasteiger partial charge is 0.469 e. The van der Waals surface area contributed by atoms with E-state index in [1.165, 1.54) is 7.11 Å². The van der Waals surface area contributed by atoms with Gasteiger partial charge in [0.25, 0.3) is 0 Å². The third-order valence-electron chi connectivity index (χ3n) is 3.37. The van der Waals surface area contributed by atoms with E-state index in [9.17, 15) is 9.59 Å². The van der Waals surface area contributed by atoms with Crippen LogP contribution in [0.2, 0.25) is 5.02 Å². The van der Waals surface area contributed by atoms with Crippen molar-refractivity contribution in [1.29, 1.82) is 0 Å². The number of methoxy groups -OCH3 is 1. The Morgan fingerprint density at radius 3 is 2.19 bits per heavy atom. The van der Waals surface area contributed by atoms with E-state index in [1.807, 2.05) is 30.3 Å². The second kappa shape index (κ2) is 7.04. The summed E-state index contributed by atoms with van der Waals surface area (Å²) < 4.78 is 4.87. The summed E-state index contributed by atoms with van der Waals surface area (Å²) in [7, 11) is 1.32. The number of hydrogen-bond acceptors (Lipinski definition) is 3. The van der Waals surface area contributed by atoms with Crippen molar-refractivity contribution in [3.05, 3.63) is 70.7 Å². The maximum atomic E-state index is 12.2. The monoisotopic (exact) mass is 302 g/mol. The van der Waals surface area contributed by atoms with Crippen molar-refractivity contribution in [2.24, 2.45) is 0 Å². The summed E-state index contributed by atoms with van der Waals surface area (Å²) in [6.07, 6.45) is 0.783. The molecule has 0 aliphatic carbocycles. The lowest BCUT2D eigenvalue weighted by atomic mass is 9.82. The van der Waals surface area contributed by atoms with Gasteiger partial charge in [-0.05, 0) is 23.3 Å². The van der Waals surface area contributed by atoms with Gasteiger partial charge in [-0.1, -0.05) is 54.1 Å². The lowest BCUT2D eigenvalue weighted by Gasteiger charge is -2.21. The van der Waals surface area contributed by atoms with Crippen molar-refractivity contribution >= 4 is 23.9 Å². The first-order valence-electron chi connectivity index (χ1n) is 6.51. The zero-order valence-corrected chi connectivity index (χ0v) is 12.3. The van der Waals surface area contributed by atoms with Crippen LogP contribution in [-0.2, 0) is 14.3 Å². The molecule has 2 atom stereocenters. The number of aldehydes is 1. The van der Waals surface area contributed by atoms with E-state index >= 15 is 0 Å². The fourth-order valence-electron chi connectivity index (χ4n) is 2.31. The quantitative estimate of drug-likeness (QED) is 0.626. The van der Waals surface area contributed by atoms with Gasteiger partial charge in [0, 0.05) is 5.02 Å². The maximum absolute atomic E-state index is 12.2. The molecule has 2 unspecified atom stereocenters. The molecule has 4 heteroatoms. The Hall–Kier alpha value is -2.13. The van der Waals surface area contributed by atoms with E-state index in [0.717, 1.165) is 11.8 Å². The van der Waals surface area contributed by atoms with Crippen molar-refractivity contribution in [3.63, 3.8) is 0 Å². The molecule has 0 aromatic heterocycles. The van der Waals surface area contributed by atoms with Gasteiger partial charge in [-0.3, -0.25) is 4.79 Å². The van der Waals surface area contributed by atoms with Gasteiger partial charge in [0.05, 0.1) is 18.9 Å². The van der Waals surface area contributed by atoms with Crippen LogP contribution in [0.4, 0.5) is 0 Å². The molecular formula is C17H15ClO3. The fourth-order valence-corrected chi connectivity index (χ4v) is 2.44. The van der Waals surface area contributed by atoms with Gasteiger partial charge in [-0.15, -0.1) is 0 Å². The SMILES string of the molecule is COC(=O)C(c1ccc(Cl)cc1)C(C=O)c1ccccc1. The van der Waals surface area contributed by atoms with Crippen molar-refractivity contribution < 1.29 is 14.3 Å². The summed E-state index contributed by atoms with van der Waals surface area (Å²) in [6, 6.07) is 16.0. The molecule has 0 spiro atoms. The van der Waals surface area contributed by atoms with E-state index in [2.05, 4.69) is 0 Å². The predicted octanol–water partition coefficient (Wildman–Crippen LogP) is 3.58. The van der Waals surface area contributed by atoms with Gasteiger partial charge in [-0.2, -0.15) is 0 Å². The summed E-state index contributed by atoms with van der Waals surface area (Å²) in [5, 5.41) is 0.574. The molecule has 3 nitrogen and oxygen atoms in total. The number of hydrogen-bond donors (Lipinski definition) is 0. The summed E-state index contributed by atoms with van der Waals surface area (Å²) in [5.41, 5.74) is 1.48. The van der Waals surface area contributed by atoms with Crippen LogP contribution in [0.3, 0.4) is 0 Å². The first-order valence-corrected chi connectivity index (χ1v) is 6.88. The standard InChI is InChI=1S/C17H15ClO3/c1-21-17(20)16(13-7-9-14(18)10-8-13)15(11-19)12-5-3-2-4-6-12/h2-11,15-16H,1H3. The average Bonchev–Trinajstić information content (AvgIpc) is 2.54. The van der Waals surface area contributed by atoms with Gasteiger partial charge in [0.2, 0.25) is 0 Å². The summed E-state index contributed by atoms with van der Waals surface area (Å²) in [4.78, 5) is 23.7. The van der Waals surface area contributed by atoms with Crippen molar-refractivity contribution in [2.75, 3.05) is 7.11 Å². The van der Waals surface area contributed by atoms with Crippen LogP contribution < -0.4 is 0 Å². The first-order chi connectivity index (χ1) is 10.2. The highest BCUT2D eigenvalue weighted by Gasteiger charge is 2.31. The second-order valence-electron chi connectivity index (χ2n) is 4.62. The van der Waals surface area contributed by atoms with E-state index in [-0.39, 0.29) is 0 Å². The number of rotatable bonds is 5. The zero-order chi connectivity index (χ0) is 15.2. The topological polar surface area (TPSA) is 43.4 Å². The molecule has 0 aliphatic heterocycles. The van der Waals surface area contributed by atoms with Crippen LogP contribution in [0.5, 0.6) is 0 Å². The van der Waals surface area contributed by atoms with Gasteiger partial charge >= 0.3 is 5.97 Å². The van der Waals surface area contributed by atoms with Crippen LogP contribution in [-0.4, -0.2) is 19.4 Å². The van der Waals surface area contributed by atoms with Gasteiger partial charge in [-0.25, -0.2) is 0 Å². The Bertz CT molecular complexity index is 608. The lowest BCUT2D eigenvalue weighted by Crippen LogP contribution is -2.23. The molecule has 0 bridgehead atoms. The molecule has 21 heavy (non-hydrogen) atoms. The van der Waals surface area contributed by atoms with E-state index in [4.69, 9.17) is 16.3 Å². The van der Waals surface area contributed by atoms with Gasteiger partial charge in [0.15, 0.2) is 0 Å². The molecular weight excluding hydrogens is 288 g/mol. The Kier molecular flexibility index (Phi) is 5.12. The maximum Gasteiger partial charge on any atom is 0.314 e. The Morgan fingerprint density at radius 1 is 1.05 bits per heavy atom. The highest BCUT2D eigenvalue weighted by Crippen LogP contribution is 2.33. The van der Waals surface area contributed by atoms with Crippen LogP contribution >= 0.6 is 11.6 Å². The highest BCUT2D eigenvalue weighted by atomic mass is 35.5. The van der Waals surface area contributed by atoms with E-state index < -0.39 is 17.8 Å². The highest BCUT2D eigenvalue weighted by molar-refractivity contribution is 6.30. The van der Waals surface area contributed by atoms with Crippen LogP contribution in [0.25, 0.3) is 0 Å². The summed E-state index contributed by atoms with van der Waals surface area (Å²) in [6.45, 7) is 0. The average molecular weight is 303 g/mol. The molecule has 0 N–H and O–H groups in total. The minimum Gasteiger partial charge on any atom is -0.469 e. The Balaban J connectivity index is 2.46. The number of carbonyl (C=O) groups excluding carboxylic acids is 2. The molecule has 0 radical (unpaired) electrons. The Morgan fingerprint density at radius 2 is 1.67 bits per heavy atom. The second-order valence-corrected chi connectivity index (χ2v) is 5.06. The third kappa shape index (κ3) is 3.50. The fraction of sp³-hybridized carbons (Fsp3) is 0.176. The lowest BCUT2D eigenvalue weighted by molar-refractivity contribution is -0.143. The molecule has 108 valence electrons. The minimum absolute atomic E-state index is 0.446. The van der Waals surface area contributed by atoms with Crippen LogP contribution in [0.15, 0.2) is 54.6 Å². The molecule has 0 saturated heterocycles. The molecule has 0 fully saturated rings. The van der Waals surface area contributed by atoms with Gasteiger partial charge < -0.3 is 9.53 Å². The van der Waals surface area contributed by atoms with E-state index in [0.29, 0.717) is 10.6 Å². The molecule has 0 amide bonds. The number of carbonyl (C=O) groups is 2. The number of ether oxygens (including phenoxy) is 1. The number of benzene rings is 2. The van der Waals surface area contributed by atoms with E-state index in [1.54, 1.807) is 24.3 Å². The molecule has 2 aromatic carbocycles. The molecule has 0 aliphatic rings. The molecule has 2 aromatic rings. The summed E-state index contributed by atoms with van der Waals surface area (Å²) in [5.74, 6) is -1.73. The first kappa shape index (κ1) is 15.3. The molecule has 2 rings (SSSR count). The summed E-state index contributed by atoms with van der Waals surface area (Å²) >= 11 is 5.87. The minimum atomic E-state index is -0.688. The van der Waals surface area contributed by atoms with Crippen LogP contribution in [0, 0.1) is 0 Å². The molecule has 0 heterocycles. The van der Waals surface area contributed by atoms with Gasteiger partial charge in [0.1, 0.15) is 6.29 Å². The van der Waals surface area contributed by atoms with Crippen molar-refractivity contribution in [1.82, 2.24) is 0 Å². The number of halogens is 1. The van der Waals surface area contributed by atoms with Crippen molar-refractivity contribution in [3.8, 4) is 0 Å². The third-order valence-corrected chi connectivity index (χ3v) is 3.63. The smallest absolute Gasteiger partial charge is 0.314 e. The van der Waals surface area contributed by atoms with Crippen LogP contribution in [0.1, 0.15) is 23.0 Å². The molecule has 0 saturated carbocycles. The van der Waals surface area contributed by atoms with Crippen molar-refractivity contribution in [2.45, 2.75) is 11.8 Å².